The molecule has 168 valence electrons. The molecule has 0 fully saturated rings. The number of H-pyrrole nitrogens is 2. The smallest absolute Gasteiger partial charge is 0.116 e. The molecule has 34 heavy (non-hydrogen) atoms. The van der Waals surface area contributed by atoms with Crippen molar-refractivity contribution in [3.63, 3.8) is 0 Å². The lowest BCUT2D eigenvalue weighted by molar-refractivity contribution is 1.06. The first-order chi connectivity index (χ1) is 16.4. The Bertz CT molecular complexity index is 1680. The number of benzene rings is 1. The number of hydrogen-bond acceptors (Lipinski definition) is 3. The summed E-state index contributed by atoms with van der Waals surface area (Å²) in [5.74, 6) is 0. The fraction of sp³-hybridized carbons (Fsp3) is 0.103. The summed E-state index contributed by atoms with van der Waals surface area (Å²) in [5, 5.41) is 10.6. The molecule has 4 heterocycles. The number of rotatable bonds is 5. The summed E-state index contributed by atoms with van der Waals surface area (Å²) in [6.45, 7) is 14.5. The van der Waals surface area contributed by atoms with E-state index in [4.69, 9.17) is 0 Å². The van der Waals surface area contributed by atoms with Gasteiger partial charge in [0.2, 0.25) is 0 Å². The lowest BCUT2D eigenvalue weighted by Gasteiger charge is -2.00. The number of allylic oxidation sites excluding steroid dienone is 3. The summed E-state index contributed by atoms with van der Waals surface area (Å²) in [7, 11) is 0. The molecule has 4 aromatic heterocycles. The van der Waals surface area contributed by atoms with Crippen LogP contribution >= 0.6 is 11.3 Å². The van der Waals surface area contributed by atoms with Gasteiger partial charge in [0.05, 0.1) is 11.0 Å². The average molecular weight is 463 g/mol. The number of aryl methyl sites for hydroxylation is 1. The largest absolute Gasteiger partial charge is 0.353 e. The summed E-state index contributed by atoms with van der Waals surface area (Å²) in [6, 6.07) is 14.9. The number of nitrogens with zero attached hydrogens (tertiary/aromatic N) is 2. The molecule has 5 heteroatoms. The average Bonchev–Trinajstić information content (AvgIpc) is 3.55. The van der Waals surface area contributed by atoms with Crippen LogP contribution in [0.2, 0.25) is 0 Å². The molecule has 0 aliphatic heterocycles. The lowest BCUT2D eigenvalue weighted by Crippen LogP contribution is -2.21. The van der Waals surface area contributed by atoms with E-state index in [-0.39, 0.29) is 0 Å². The van der Waals surface area contributed by atoms with Crippen LogP contribution in [0.15, 0.2) is 67.5 Å². The predicted molar refractivity (Wildman–Crippen MR) is 146 cm³/mol. The fourth-order valence-corrected chi connectivity index (χ4v) is 5.00. The molecule has 0 aliphatic carbocycles. The molecule has 0 radical (unpaired) electrons. The van der Waals surface area contributed by atoms with Crippen molar-refractivity contribution in [1.29, 1.82) is 0 Å². The van der Waals surface area contributed by atoms with Crippen molar-refractivity contribution in [2.24, 2.45) is 0 Å². The number of aromatic amines is 2. The van der Waals surface area contributed by atoms with Gasteiger partial charge in [-0.05, 0) is 79.5 Å². The Morgan fingerprint density at radius 3 is 2.71 bits per heavy atom. The Hall–Kier alpha value is -3.96. The molecule has 0 unspecified atom stereocenters. The monoisotopic (exact) mass is 462 g/mol. The summed E-state index contributed by atoms with van der Waals surface area (Å²) < 4.78 is 0. The van der Waals surface area contributed by atoms with Crippen molar-refractivity contribution >= 4 is 46.0 Å². The number of thiophene rings is 1. The Kier molecular flexibility index (Phi) is 5.64. The van der Waals surface area contributed by atoms with Crippen LogP contribution in [0.4, 0.5) is 0 Å². The van der Waals surface area contributed by atoms with Gasteiger partial charge in [0, 0.05) is 43.8 Å². The second kappa shape index (κ2) is 8.76. The molecule has 0 aliphatic rings. The predicted octanol–water partition coefficient (Wildman–Crippen LogP) is 6.32. The van der Waals surface area contributed by atoms with E-state index in [2.05, 4.69) is 88.8 Å². The van der Waals surface area contributed by atoms with Gasteiger partial charge in [-0.2, -0.15) is 5.10 Å². The first kappa shape index (κ1) is 21.9. The van der Waals surface area contributed by atoms with E-state index in [0.717, 1.165) is 49.7 Å². The van der Waals surface area contributed by atoms with E-state index in [1.165, 1.54) is 20.7 Å². The zero-order valence-electron chi connectivity index (χ0n) is 19.6. The maximum absolute atomic E-state index is 4.58. The summed E-state index contributed by atoms with van der Waals surface area (Å²) in [5.41, 5.74) is 8.52. The van der Waals surface area contributed by atoms with Crippen molar-refractivity contribution < 1.29 is 0 Å². The number of aromatic nitrogens is 4. The summed E-state index contributed by atoms with van der Waals surface area (Å²) in [4.78, 5) is 10.3. The molecule has 0 atom stereocenters. The van der Waals surface area contributed by atoms with E-state index in [9.17, 15) is 0 Å². The van der Waals surface area contributed by atoms with Gasteiger partial charge >= 0.3 is 0 Å². The molecule has 2 N–H and O–H groups in total. The zero-order chi connectivity index (χ0) is 23.8. The maximum Gasteiger partial charge on any atom is 0.116 e. The van der Waals surface area contributed by atoms with Gasteiger partial charge in [0.15, 0.2) is 0 Å². The van der Waals surface area contributed by atoms with Gasteiger partial charge in [0.1, 0.15) is 5.69 Å². The molecule has 0 spiro atoms. The van der Waals surface area contributed by atoms with Gasteiger partial charge in [0.25, 0.3) is 0 Å². The highest BCUT2D eigenvalue weighted by molar-refractivity contribution is 7.16. The second-order valence-electron chi connectivity index (χ2n) is 8.63. The Morgan fingerprint density at radius 1 is 1.09 bits per heavy atom. The van der Waals surface area contributed by atoms with Crippen LogP contribution < -0.4 is 10.6 Å². The van der Waals surface area contributed by atoms with Crippen LogP contribution in [-0.2, 0) is 0 Å². The van der Waals surface area contributed by atoms with Crippen molar-refractivity contribution in [2.45, 2.75) is 20.8 Å². The van der Waals surface area contributed by atoms with Gasteiger partial charge in [-0.25, -0.2) is 0 Å². The molecule has 0 bridgehead atoms. The van der Waals surface area contributed by atoms with E-state index in [1.807, 2.05) is 32.3 Å². The molecular weight excluding hydrogens is 436 g/mol. The molecule has 5 aromatic rings. The third-order valence-electron chi connectivity index (χ3n) is 5.94. The van der Waals surface area contributed by atoms with Crippen LogP contribution in [0.5, 0.6) is 0 Å². The first-order valence-corrected chi connectivity index (χ1v) is 11.9. The van der Waals surface area contributed by atoms with Crippen LogP contribution in [0.1, 0.15) is 29.9 Å². The van der Waals surface area contributed by atoms with Gasteiger partial charge in [-0.1, -0.05) is 31.4 Å². The van der Waals surface area contributed by atoms with E-state index in [1.54, 1.807) is 11.3 Å². The maximum atomic E-state index is 4.58. The number of fused-ring (bicyclic) bond motifs is 1. The molecule has 0 amide bonds. The summed E-state index contributed by atoms with van der Waals surface area (Å²) >= 11 is 1.77. The van der Waals surface area contributed by atoms with Crippen molar-refractivity contribution in [3.05, 3.63) is 94.1 Å². The standard InChI is InChI=1S/C29H26N4S/c1-17(2)27-11-12-28(34-27)22-7-6-8-25-23(22)14-26(31-25)29-20(5)24(32-33-29)10-9-19(4)21-13-18(3)15-30-16-21/h6-16,31-32H,1,5H2,2-4H3/b19-9+,24-10+. The molecule has 0 saturated carbocycles. The SMILES string of the molecule is C=C(C)c1ccc(-c2cccc3[nH]c(-c4n[nH]/c(=C/C=C(\C)c5cncc(C)c5)c4=C)cc23)s1. The zero-order valence-corrected chi connectivity index (χ0v) is 20.4. The summed E-state index contributed by atoms with van der Waals surface area (Å²) in [6.07, 6.45) is 7.83. The lowest BCUT2D eigenvalue weighted by atomic mass is 10.1. The number of nitrogens with one attached hydrogen (secondary N) is 2. The van der Waals surface area contributed by atoms with E-state index < -0.39 is 0 Å². The van der Waals surface area contributed by atoms with Gasteiger partial charge in [-0.3, -0.25) is 10.1 Å². The Balaban J connectivity index is 1.53. The minimum absolute atomic E-state index is 0.825. The van der Waals surface area contributed by atoms with Crippen LogP contribution in [0.3, 0.4) is 0 Å². The normalized spacial score (nSPS) is 12.6. The number of pyridine rings is 1. The highest BCUT2D eigenvalue weighted by atomic mass is 32.1. The Labute approximate surface area is 202 Å². The van der Waals surface area contributed by atoms with E-state index in [0.29, 0.717) is 0 Å². The molecule has 4 nitrogen and oxygen atoms in total. The second-order valence-corrected chi connectivity index (χ2v) is 9.71. The third kappa shape index (κ3) is 4.06. The van der Waals surface area contributed by atoms with E-state index >= 15 is 0 Å². The minimum atomic E-state index is 0.825. The van der Waals surface area contributed by atoms with Crippen LogP contribution in [0, 0.1) is 6.92 Å². The molecule has 1 aromatic carbocycles. The van der Waals surface area contributed by atoms with Gasteiger partial charge < -0.3 is 4.98 Å². The minimum Gasteiger partial charge on any atom is -0.353 e. The van der Waals surface area contributed by atoms with Crippen LogP contribution in [0.25, 0.3) is 56.5 Å². The number of hydrogen-bond donors (Lipinski definition) is 2. The van der Waals surface area contributed by atoms with Crippen LogP contribution in [-0.4, -0.2) is 20.2 Å². The molecule has 0 saturated heterocycles. The quantitative estimate of drug-likeness (QED) is 0.321. The molecular formula is C29H26N4S. The third-order valence-corrected chi connectivity index (χ3v) is 7.22. The molecule has 5 rings (SSSR count). The first-order valence-electron chi connectivity index (χ1n) is 11.1. The fourth-order valence-electron chi connectivity index (χ4n) is 4.02. The highest BCUT2D eigenvalue weighted by Crippen LogP contribution is 2.36. The van der Waals surface area contributed by atoms with Crippen molar-refractivity contribution in [1.82, 2.24) is 20.2 Å². The van der Waals surface area contributed by atoms with Crippen molar-refractivity contribution in [2.75, 3.05) is 0 Å². The highest BCUT2D eigenvalue weighted by Gasteiger charge is 2.13. The topological polar surface area (TPSA) is 57.4 Å². The van der Waals surface area contributed by atoms with Gasteiger partial charge in [-0.15, -0.1) is 11.3 Å². The Morgan fingerprint density at radius 2 is 1.94 bits per heavy atom. The van der Waals surface area contributed by atoms with Crippen molar-refractivity contribution in [3.8, 4) is 21.8 Å².